The lowest BCUT2D eigenvalue weighted by molar-refractivity contribution is 0.103. The first-order chi connectivity index (χ1) is 9.72. The van der Waals surface area contributed by atoms with Crippen LogP contribution in [-0.2, 0) is 6.42 Å². The molecule has 0 spiro atoms. The van der Waals surface area contributed by atoms with Crippen LogP contribution in [0.2, 0.25) is 0 Å². The summed E-state index contributed by atoms with van der Waals surface area (Å²) in [4.78, 5) is 12.4. The molecule has 2 aromatic rings. The zero-order chi connectivity index (χ0) is 14.4. The SMILES string of the molecule is CCCCCc1ccc(C(=O)c2ccccc2Br)cc1. The van der Waals surface area contributed by atoms with Gasteiger partial charge in [0.25, 0.3) is 0 Å². The highest BCUT2D eigenvalue weighted by Gasteiger charge is 2.11. The lowest BCUT2D eigenvalue weighted by Crippen LogP contribution is -2.02. The Balaban J connectivity index is 2.10. The van der Waals surface area contributed by atoms with Gasteiger partial charge < -0.3 is 0 Å². The van der Waals surface area contributed by atoms with Crippen LogP contribution in [-0.4, -0.2) is 5.78 Å². The maximum atomic E-state index is 12.4. The second-order valence-corrected chi connectivity index (χ2v) is 5.82. The number of rotatable bonds is 6. The average Bonchev–Trinajstić information content (AvgIpc) is 2.48. The van der Waals surface area contributed by atoms with Crippen molar-refractivity contribution in [1.29, 1.82) is 0 Å². The molecule has 0 aliphatic carbocycles. The first kappa shape index (κ1) is 15.0. The van der Waals surface area contributed by atoms with E-state index >= 15 is 0 Å². The molecule has 0 saturated heterocycles. The van der Waals surface area contributed by atoms with Crippen LogP contribution in [0.1, 0.15) is 47.7 Å². The molecule has 2 rings (SSSR count). The Morgan fingerprint density at radius 1 is 1.00 bits per heavy atom. The van der Waals surface area contributed by atoms with Crippen LogP contribution >= 0.6 is 15.9 Å². The molecule has 0 N–H and O–H groups in total. The number of hydrogen-bond acceptors (Lipinski definition) is 1. The summed E-state index contributed by atoms with van der Waals surface area (Å²) in [7, 11) is 0. The smallest absolute Gasteiger partial charge is 0.194 e. The van der Waals surface area contributed by atoms with Crippen LogP contribution in [0.4, 0.5) is 0 Å². The molecule has 0 amide bonds. The standard InChI is InChI=1S/C18H19BrO/c1-2-3-4-7-14-10-12-15(13-11-14)18(20)16-8-5-6-9-17(16)19/h5-6,8-13H,2-4,7H2,1H3. The predicted molar refractivity (Wildman–Crippen MR) is 87.2 cm³/mol. The van der Waals surface area contributed by atoms with Crippen molar-refractivity contribution in [2.75, 3.05) is 0 Å². The highest BCUT2D eigenvalue weighted by molar-refractivity contribution is 9.10. The Morgan fingerprint density at radius 3 is 2.35 bits per heavy atom. The minimum Gasteiger partial charge on any atom is -0.289 e. The largest absolute Gasteiger partial charge is 0.289 e. The van der Waals surface area contributed by atoms with E-state index in [0.717, 1.165) is 16.5 Å². The summed E-state index contributed by atoms with van der Waals surface area (Å²) in [5, 5.41) is 0. The third-order valence-corrected chi connectivity index (χ3v) is 4.10. The highest BCUT2D eigenvalue weighted by atomic mass is 79.9. The van der Waals surface area contributed by atoms with E-state index in [9.17, 15) is 4.79 Å². The van der Waals surface area contributed by atoms with Crippen molar-refractivity contribution in [1.82, 2.24) is 0 Å². The van der Waals surface area contributed by atoms with Crippen LogP contribution in [0, 0.1) is 0 Å². The van der Waals surface area contributed by atoms with E-state index in [1.54, 1.807) is 0 Å². The number of unbranched alkanes of at least 4 members (excludes halogenated alkanes) is 2. The van der Waals surface area contributed by atoms with Crippen molar-refractivity contribution in [3.05, 3.63) is 69.7 Å². The minimum absolute atomic E-state index is 0.0672. The Kier molecular flexibility index (Phi) is 5.54. The molecule has 104 valence electrons. The van der Waals surface area contributed by atoms with Crippen LogP contribution < -0.4 is 0 Å². The van der Waals surface area contributed by atoms with Gasteiger partial charge in [0.05, 0.1) is 0 Å². The molecule has 2 aromatic carbocycles. The molecule has 0 heterocycles. The molecular formula is C18H19BrO. The van der Waals surface area contributed by atoms with Crippen LogP contribution in [0.15, 0.2) is 53.0 Å². The molecule has 0 aliphatic rings. The summed E-state index contributed by atoms with van der Waals surface area (Å²) in [6.45, 7) is 2.21. The summed E-state index contributed by atoms with van der Waals surface area (Å²) < 4.78 is 0.844. The van der Waals surface area contributed by atoms with E-state index in [1.165, 1.54) is 24.8 Å². The number of carbonyl (C=O) groups excluding carboxylic acids is 1. The maximum Gasteiger partial charge on any atom is 0.194 e. The second-order valence-electron chi connectivity index (χ2n) is 4.96. The molecule has 0 atom stereocenters. The number of aryl methyl sites for hydroxylation is 1. The fourth-order valence-corrected chi connectivity index (χ4v) is 2.67. The number of halogens is 1. The summed E-state index contributed by atoms with van der Waals surface area (Å²) in [5.74, 6) is 0.0672. The van der Waals surface area contributed by atoms with Crippen molar-refractivity contribution in [2.45, 2.75) is 32.6 Å². The molecular weight excluding hydrogens is 312 g/mol. The Hall–Kier alpha value is -1.41. The second kappa shape index (κ2) is 7.39. The average molecular weight is 331 g/mol. The molecule has 0 aromatic heterocycles. The first-order valence-electron chi connectivity index (χ1n) is 7.10. The van der Waals surface area contributed by atoms with Crippen molar-refractivity contribution in [3.8, 4) is 0 Å². The molecule has 0 saturated carbocycles. The normalized spacial score (nSPS) is 10.5. The molecule has 2 heteroatoms. The lowest BCUT2D eigenvalue weighted by atomic mass is 10.0. The molecule has 20 heavy (non-hydrogen) atoms. The van der Waals surface area contributed by atoms with Gasteiger partial charge in [-0.05, 0) is 30.5 Å². The fraction of sp³-hybridized carbons (Fsp3) is 0.278. The predicted octanol–water partition coefficient (Wildman–Crippen LogP) is 5.41. The molecule has 0 aliphatic heterocycles. The molecule has 0 unspecified atom stereocenters. The van der Waals surface area contributed by atoms with Crippen LogP contribution in [0.25, 0.3) is 0 Å². The summed E-state index contributed by atoms with van der Waals surface area (Å²) in [5.41, 5.74) is 2.77. The van der Waals surface area contributed by atoms with Crippen molar-refractivity contribution in [3.63, 3.8) is 0 Å². The summed E-state index contributed by atoms with van der Waals surface area (Å²) in [6, 6.07) is 15.5. The zero-order valence-corrected chi connectivity index (χ0v) is 13.3. The van der Waals surface area contributed by atoms with Gasteiger partial charge in [0.15, 0.2) is 5.78 Å². The maximum absolute atomic E-state index is 12.4. The molecule has 0 bridgehead atoms. The fourth-order valence-electron chi connectivity index (χ4n) is 2.20. The Labute approximate surface area is 129 Å². The molecule has 1 nitrogen and oxygen atoms in total. The zero-order valence-electron chi connectivity index (χ0n) is 11.7. The molecule has 0 radical (unpaired) electrons. The van der Waals surface area contributed by atoms with Gasteiger partial charge in [-0.15, -0.1) is 0 Å². The Bertz CT molecular complexity index is 572. The minimum atomic E-state index is 0.0672. The van der Waals surface area contributed by atoms with Crippen LogP contribution in [0.5, 0.6) is 0 Å². The van der Waals surface area contributed by atoms with E-state index < -0.39 is 0 Å². The number of ketones is 1. The van der Waals surface area contributed by atoms with Crippen LogP contribution in [0.3, 0.4) is 0 Å². The quantitative estimate of drug-likeness (QED) is 0.511. The third kappa shape index (κ3) is 3.80. The van der Waals surface area contributed by atoms with Gasteiger partial charge in [0, 0.05) is 15.6 Å². The van der Waals surface area contributed by atoms with Gasteiger partial charge in [0.2, 0.25) is 0 Å². The summed E-state index contributed by atoms with van der Waals surface area (Å²) >= 11 is 3.43. The topological polar surface area (TPSA) is 17.1 Å². The van der Waals surface area contributed by atoms with E-state index in [4.69, 9.17) is 0 Å². The van der Waals surface area contributed by atoms with Gasteiger partial charge in [0.1, 0.15) is 0 Å². The van der Waals surface area contributed by atoms with E-state index in [1.807, 2.05) is 36.4 Å². The lowest BCUT2D eigenvalue weighted by Gasteiger charge is -2.05. The van der Waals surface area contributed by atoms with Gasteiger partial charge in [-0.3, -0.25) is 4.79 Å². The van der Waals surface area contributed by atoms with Crippen molar-refractivity contribution in [2.24, 2.45) is 0 Å². The highest BCUT2D eigenvalue weighted by Crippen LogP contribution is 2.20. The number of hydrogen-bond donors (Lipinski definition) is 0. The molecule has 0 fully saturated rings. The van der Waals surface area contributed by atoms with Gasteiger partial charge in [-0.2, -0.15) is 0 Å². The third-order valence-electron chi connectivity index (χ3n) is 3.40. The Morgan fingerprint density at radius 2 is 1.70 bits per heavy atom. The van der Waals surface area contributed by atoms with E-state index in [0.29, 0.717) is 5.56 Å². The van der Waals surface area contributed by atoms with Gasteiger partial charge in [-0.25, -0.2) is 0 Å². The van der Waals surface area contributed by atoms with Crippen molar-refractivity contribution >= 4 is 21.7 Å². The first-order valence-corrected chi connectivity index (χ1v) is 7.90. The monoisotopic (exact) mass is 330 g/mol. The van der Waals surface area contributed by atoms with Gasteiger partial charge in [-0.1, -0.05) is 72.1 Å². The van der Waals surface area contributed by atoms with Crippen molar-refractivity contribution < 1.29 is 4.79 Å². The number of carbonyl (C=O) groups is 1. The van der Waals surface area contributed by atoms with E-state index in [2.05, 4.69) is 35.0 Å². The van der Waals surface area contributed by atoms with E-state index in [-0.39, 0.29) is 5.78 Å². The number of benzene rings is 2. The summed E-state index contributed by atoms with van der Waals surface area (Å²) in [6.07, 6.45) is 4.81. The van der Waals surface area contributed by atoms with Gasteiger partial charge >= 0.3 is 0 Å².